The minimum Gasteiger partial charge on any atom is -0.508 e. The van der Waals surface area contributed by atoms with Gasteiger partial charge in [0.2, 0.25) is 5.16 Å². The summed E-state index contributed by atoms with van der Waals surface area (Å²) >= 11 is 3.38. The molecule has 1 aromatic heterocycles. The van der Waals surface area contributed by atoms with E-state index in [1.54, 1.807) is 29.6 Å². The second-order valence-corrected chi connectivity index (χ2v) is 8.30. The molecule has 1 N–H and O–H groups in total. The van der Waals surface area contributed by atoms with Gasteiger partial charge in [-0.2, -0.15) is 0 Å². The Hall–Kier alpha value is -1.60. The molecule has 2 aliphatic heterocycles. The maximum Gasteiger partial charge on any atom is 0.216 e. The van der Waals surface area contributed by atoms with Gasteiger partial charge in [-0.15, -0.1) is 10.2 Å². The summed E-state index contributed by atoms with van der Waals surface area (Å²) in [7, 11) is 0. The van der Waals surface area contributed by atoms with Crippen LogP contribution < -0.4 is 5.01 Å². The average molecular weight is 332 g/mol. The second kappa shape index (κ2) is 4.70. The zero-order valence-electron chi connectivity index (χ0n) is 12.5. The molecule has 0 saturated carbocycles. The maximum absolute atomic E-state index is 9.77. The van der Waals surface area contributed by atoms with Gasteiger partial charge in [-0.05, 0) is 29.5 Å². The fraction of sp³-hybridized carbons (Fsp3) is 0.333. The molecule has 2 aliphatic rings. The van der Waals surface area contributed by atoms with Gasteiger partial charge in [-0.25, -0.2) is 4.68 Å². The minimum atomic E-state index is -0.0854. The van der Waals surface area contributed by atoms with E-state index in [9.17, 15) is 5.11 Å². The largest absolute Gasteiger partial charge is 0.508 e. The Labute approximate surface area is 137 Å². The molecule has 22 heavy (non-hydrogen) atoms. The molecule has 5 nitrogen and oxygen atoms in total. The summed E-state index contributed by atoms with van der Waals surface area (Å²) in [5, 5.41) is 25.0. The van der Waals surface area contributed by atoms with E-state index in [1.165, 1.54) is 0 Å². The molecule has 1 unspecified atom stereocenters. The molecule has 0 radical (unpaired) electrons. The number of phenolic OH excluding ortho intramolecular Hbond substituents is 1. The molecule has 2 aromatic rings. The maximum atomic E-state index is 9.77. The van der Waals surface area contributed by atoms with E-state index in [0.717, 1.165) is 21.6 Å². The van der Waals surface area contributed by atoms with Gasteiger partial charge in [-0.1, -0.05) is 44.7 Å². The highest BCUT2D eigenvalue weighted by molar-refractivity contribution is 8.07. The van der Waals surface area contributed by atoms with Gasteiger partial charge in [0.05, 0.1) is 0 Å². The van der Waals surface area contributed by atoms with Gasteiger partial charge in [0.15, 0.2) is 5.82 Å². The van der Waals surface area contributed by atoms with Crippen molar-refractivity contribution in [2.24, 2.45) is 0 Å². The third-order valence-corrected chi connectivity index (χ3v) is 5.78. The third kappa shape index (κ3) is 2.03. The first-order valence-corrected chi connectivity index (χ1v) is 8.79. The monoisotopic (exact) mass is 332 g/mol. The molecular formula is C15H16N4OS2. The Kier molecular flexibility index (Phi) is 2.99. The van der Waals surface area contributed by atoms with Crippen LogP contribution in [0.3, 0.4) is 0 Å². The molecule has 0 amide bonds. The Morgan fingerprint density at radius 1 is 1.23 bits per heavy atom. The van der Waals surface area contributed by atoms with Crippen molar-refractivity contribution in [3.05, 3.63) is 46.1 Å². The van der Waals surface area contributed by atoms with Crippen LogP contribution in [0, 0.1) is 0 Å². The van der Waals surface area contributed by atoms with Gasteiger partial charge in [0.1, 0.15) is 16.2 Å². The quantitative estimate of drug-likeness (QED) is 0.861. The normalized spacial score (nSPS) is 20.0. The number of hydrogen-bond acceptors (Lipinski definition) is 6. The van der Waals surface area contributed by atoms with Crippen molar-refractivity contribution < 1.29 is 5.11 Å². The lowest BCUT2D eigenvalue weighted by atomic mass is 9.96. The first-order chi connectivity index (χ1) is 10.4. The van der Waals surface area contributed by atoms with Crippen LogP contribution in [0.2, 0.25) is 0 Å². The zero-order chi connectivity index (χ0) is 15.5. The van der Waals surface area contributed by atoms with E-state index in [4.69, 9.17) is 0 Å². The van der Waals surface area contributed by atoms with Crippen molar-refractivity contribution in [1.82, 2.24) is 14.9 Å². The second-order valence-electron chi connectivity index (χ2n) is 6.35. The molecule has 0 bridgehead atoms. The van der Waals surface area contributed by atoms with Gasteiger partial charge >= 0.3 is 0 Å². The lowest BCUT2D eigenvalue weighted by Gasteiger charge is -2.28. The first kappa shape index (κ1) is 14.0. The number of rotatable bonds is 1. The summed E-state index contributed by atoms with van der Waals surface area (Å²) in [5.41, 5.74) is 0.982. The average Bonchev–Trinajstić information content (AvgIpc) is 3.07. The van der Waals surface area contributed by atoms with Crippen LogP contribution in [0.5, 0.6) is 5.75 Å². The number of fused-ring (bicyclic) bond motifs is 3. The van der Waals surface area contributed by atoms with Gasteiger partial charge < -0.3 is 5.11 Å². The SMILES string of the molecule is CC(C)(C)c1nnc2n1N1C(=CSC1c1cccc(O)c1)S2. The molecule has 0 aliphatic carbocycles. The highest BCUT2D eigenvalue weighted by Gasteiger charge is 2.41. The lowest BCUT2D eigenvalue weighted by Crippen LogP contribution is -2.34. The van der Waals surface area contributed by atoms with Crippen LogP contribution >= 0.6 is 23.5 Å². The summed E-state index contributed by atoms with van der Waals surface area (Å²) in [5.74, 6) is 1.24. The predicted octanol–water partition coefficient (Wildman–Crippen LogP) is 3.57. The molecule has 7 heteroatoms. The molecule has 1 aromatic carbocycles. The van der Waals surface area contributed by atoms with Crippen molar-refractivity contribution in [3.8, 4) is 5.75 Å². The molecular weight excluding hydrogens is 316 g/mol. The van der Waals surface area contributed by atoms with Crippen molar-refractivity contribution in [2.45, 2.75) is 36.7 Å². The van der Waals surface area contributed by atoms with Crippen molar-refractivity contribution in [1.29, 1.82) is 0 Å². The molecule has 4 rings (SSSR count). The lowest BCUT2D eigenvalue weighted by molar-refractivity contribution is 0.471. The van der Waals surface area contributed by atoms with Crippen LogP contribution in [0.25, 0.3) is 0 Å². The molecule has 3 heterocycles. The highest BCUT2D eigenvalue weighted by Crippen LogP contribution is 2.52. The van der Waals surface area contributed by atoms with Crippen LogP contribution in [-0.2, 0) is 5.41 Å². The van der Waals surface area contributed by atoms with E-state index in [1.807, 2.05) is 18.2 Å². The van der Waals surface area contributed by atoms with Crippen LogP contribution in [0.1, 0.15) is 37.5 Å². The summed E-state index contributed by atoms with van der Waals surface area (Å²) in [6.45, 7) is 6.43. The summed E-state index contributed by atoms with van der Waals surface area (Å²) in [4.78, 5) is 0. The molecule has 1 atom stereocenters. The summed E-state index contributed by atoms with van der Waals surface area (Å²) in [6.07, 6.45) is 0. The van der Waals surface area contributed by atoms with Crippen LogP contribution in [-0.4, -0.2) is 20.0 Å². The van der Waals surface area contributed by atoms with Crippen LogP contribution in [0.15, 0.2) is 39.9 Å². The number of aromatic nitrogens is 3. The number of aromatic hydroxyl groups is 1. The predicted molar refractivity (Wildman–Crippen MR) is 89.3 cm³/mol. The molecule has 114 valence electrons. The van der Waals surface area contributed by atoms with Gasteiger partial charge in [-0.3, -0.25) is 5.01 Å². The summed E-state index contributed by atoms with van der Waals surface area (Å²) < 4.78 is 2.12. The number of hydrogen-bond donors (Lipinski definition) is 1. The topological polar surface area (TPSA) is 54.2 Å². The third-order valence-electron chi connectivity index (χ3n) is 3.60. The zero-order valence-corrected chi connectivity index (χ0v) is 14.1. The van der Waals surface area contributed by atoms with Crippen molar-refractivity contribution in [3.63, 3.8) is 0 Å². The Bertz CT molecular complexity index is 778. The Morgan fingerprint density at radius 2 is 2.05 bits per heavy atom. The van der Waals surface area contributed by atoms with E-state index in [2.05, 4.69) is 46.1 Å². The number of nitrogens with zero attached hydrogens (tertiary/aromatic N) is 4. The number of benzene rings is 1. The van der Waals surface area contributed by atoms with Crippen molar-refractivity contribution >= 4 is 23.5 Å². The number of phenols is 1. The number of thioether (sulfide) groups is 2. The molecule has 0 spiro atoms. The summed E-state index contributed by atoms with van der Waals surface area (Å²) in [6, 6.07) is 7.43. The molecule has 0 saturated heterocycles. The Morgan fingerprint density at radius 3 is 2.77 bits per heavy atom. The van der Waals surface area contributed by atoms with Crippen molar-refractivity contribution in [2.75, 3.05) is 5.01 Å². The fourth-order valence-corrected chi connectivity index (χ4v) is 4.82. The van der Waals surface area contributed by atoms with Crippen LogP contribution in [0.4, 0.5) is 0 Å². The first-order valence-electron chi connectivity index (χ1n) is 7.03. The smallest absolute Gasteiger partial charge is 0.216 e. The van der Waals surface area contributed by atoms with E-state index in [-0.39, 0.29) is 10.8 Å². The van der Waals surface area contributed by atoms with E-state index in [0.29, 0.717) is 5.75 Å². The fourth-order valence-electron chi connectivity index (χ4n) is 2.61. The van der Waals surface area contributed by atoms with E-state index >= 15 is 0 Å². The van der Waals surface area contributed by atoms with Gasteiger partial charge in [0.25, 0.3) is 0 Å². The Balaban J connectivity index is 1.80. The minimum absolute atomic E-state index is 0.0854. The van der Waals surface area contributed by atoms with Gasteiger partial charge in [0, 0.05) is 10.8 Å². The standard InChI is InChI=1S/C15H16N4OS2/c1-15(2,3)13-16-17-14-19(13)18-11(22-14)8-21-12(18)9-5-4-6-10(20)7-9/h4-8,12,20H,1-3H3. The van der Waals surface area contributed by atoms with E-state index < -0.39 is 0 Å². The molecule has 0 fully saturated rings. The highest BCUT2D eigenvalue weighted by atomic mass is 32.2.